The summed E-state index contributed by atoms with van der Waals surface area (Å²) in [6.45, 7) is 5.12. The molecule has 0 aliphatic carbocycles. The van der Waals surface area contributed by atoms with Gasteiger partial charge < -0.3 is 5.73 Å². The molecule has 1 fully saturated rings. The predicted octanol–water partition coefficient (Wildman–Crippen LogP) is 1.65. The van der Waals surface area contributed by atoms with Gasteiger partial charge in [0.25, 0.3) is 0 Å². The Balaban J connectivity index is 1.77. The Hall–Kier alpha value is -0.700. The van der Waals surface area contributed by atoms with Crippen LogP contribution in [0.2, 0.25) is 0 Å². The molecule has 0 spiro atoms. The van der Waals surface area contributed by atoms with Crippen molar-refractivity contribution in [1.82, 2.24) is 14.3 Å². The van der Waals surface area contributed by atoms with Gasteiger partial charge in [0.2, 0.25) is 16.2 Å². The van der Waals surface area contributed by atoms with Crippen molar-refractivity contribution < 1.29 is 4.79 Å². The van der Waals surface area contributed by atoms with E-state index in [0.29, 0.717) is 24.1 Å². The number of carbonyl (C=O) groups is 1. The normalized spacial score (nSPS) is 19.6. The Labute approximate surface area is 134 Å². The molecule has 118 valence electrons. The van der Waals surface area contributed by atoms with E-state index >= 15 is 0 Å². The van der Waals surface area contributed by atoms with E-state index in [1.54, 1.807) is 11.8 Å². The van der Waals surface area contributed by atoms with Gasteiger partial charge in [-0.2, -0.15) is 9.36 Å². The van der Waals surface area contributed by atoms with Gasteiger partial charge in [0, 0.05) is 23.8 Å². The summed E-state index contributed by atoms with van der Waals surface area (Å²) in [7, 11) is 0. The lowest BCUT2D eigenvalue weighted by molar-refractivity contribution is -0.117. The molecule has 1 aliphatic rings. The number of aromatic nitrogens is 2. The SMILES string of the molecule is CCCSc1nsc(NC(=O)CN2CCCC(CN)C2)n1. The molecule has 1 aromatic rings. The highest BCUT2D eigenvalue weighted by Gasteiger charge is 2.21. The predicted molar refractivity (Wildman–Crippen MR) is 87.8 cm³/mol. The molecule has 0 bridgehead atoms. The number of thioether (sulfide) groups is 1. The number of rotatable bonds is 7. The summed E-state index contributed by atoms with van der Waals surface area (Å²) in [5.74, 6) is 1.50. The fraction of sp³-hybridized carbons (Fsp3) is 0.769. The standard InChI is InChI=1S/C13H23N5OS2/c1-2-6-20-13-16-12(21-17-13)15-11(19)9-18-5-3-4-10(7-14)8-18/h10H,2-9,14H2,1H3,(H,15,16,17,19). The van der Waals surface area contributed by atoms with Crippen LogP contribution in [0.15, 0.2) is 5.16 Å². The second-order valence-corrected chi connectivity index (χ2v) is 7.07. The number of nitrogens with one attached hydrogen (secondary N) is 1. The molecule has 2 heterocycles. The molecular formula is C13H23N5OS2. The Morgan fingerprint density at radius 1 is 1.62 bits per heavy atom. The van der Waals surface area contributed by atoms with E-state index in [-0.39, 0.29) is 5.91 Å². The molecule has 1 atom stereocenters. The molecule has 1 aromatic heterocycles. The van der Waals surface area contributed by atoms with Gasteiger partial charge in [0.05, 0.1) is 6.54 Å². The molecule has 1 aliphatic heterocycles. The van der Waals surface area contributed by atoms with Gasteiger partial charge in [0.15, 0.2) is 0 Å². The number of likely N-dealkylation sites (tertiary alicyclic amines) is 1. The molecule has 0 saturated carbocycles. The summed E-state index contributed by atoms with van der Waals surface area (Å²) in [5, 5.41) is 4.18. The number of nitrogens with zero attached hydrogens (tertiary/aromatic N) is 3. The van der Waals surface area contributed by atoms with Gasteiger partial charge in [-0.25, -0.2) is 0 Å². The first kappa shape index (κ1) is 16.7. The van der Waals surface area contributed by atoms with Crippen molar-refractivity contribution in [2.45, 2.75) is 31.3 Å². The van der Waals surface area contributed by atoms with Crippen LogP contribution in [0.3, 0.4) is 0 Å². The maximum atomic E-state index is 12.0. The summed E-state index contributed by atoms with van der Waals surface area (Å²) in [4.78, 5) is 18.5. The van der Waals surface area contributed by atoms with E-state index in [4.69, 9.17) is 5.73 Å². The van der Waals surface area contributed by atoms with E-state index in [2.05, 4.69) is 26.5 Å². The van der Waals surface area contributed by atoms with Crippen molar-refractivity contribution in [1.29, 1.82) is 0 Å². The molecule has 0 aromatic carbocycles. The fourth-order valence-corrected chi connectivity index (χ4v) is 3.78. The molecule has 8 heteroatoms. The maximum Gasteiger partial charge on any atom is 0.240 e. The number of nitrogens with two attached hydrogens (primary N) is 1. The van der Waals surface area contributed by atoms with Crippen LogP contribution in [0.1, 0.15) is 26.2 Å². The van der Waals surface area contributed by atoms with Crippen molar-refractivity contribution >= 4 is 34.3 Å². The summed E-state index contributed by atoms with van der Waals surface area (Å²) < 4.78 is 4.23. The van der Waals surface area contributed by atoms with Crippen LogP contribution in [0, 0.1) is 5.92 Å². The zero-order chi connectivity index (χ0) is 15.1. The second-order valence-electron chi connectivity index (χ2n) is 5.26. The van der Waals surface area contributed by atoms with Crippen molar-refractivity contribution in [2.75, 3.05) is 37.2 Å². The van der Waals surface area contributed by atoms with Gasteiger partial charge in [0.1, 0.15) is 0 Å². The van der Waals surface area contributed by atoms with Gasteiger partial charge in [-0.05, 0) is 38.3 Å². The van der Waals surface area contributed by atoms with E-state index in [1.165, 1.54) is 18.0 Å². The highest BCUT2D eigenvalue weighted by molar-refractivity contribution is 7.99. The number of hydrogen-bond donors (Lipinski definition) is 2. The first-order valence-corrected chi connectivity index (χ1v) is 9.16. The molecule has 6 nitrogen and oxygen atoms in total. The number of piperidine rings is 1. The Bertz CT molecular complexity index is 454. The van der Waals surface area contributed by atoms with E-state index in [0.717, 1.165) is 36.8 Å². The zero-order valence-corrected chi connectivity index (χ0v) is 14.0. The van der Waals surface area contributed by atoms with Crippen LogP contribution < -0.4 is 11.1 Å². The van der Waals surface area contributed by atoms with Gasteiger partial charge in [-0.15, -0.1) is 0 Å². The van der Waals surface area contributed by atoms with Crippen molar-refractivity contribution in [3.8, 4) is 0 Å². The monoisotopic (exact) mass is 329 g/mol. The van der Waals surface area contributed by atoms with Crippen LogP contribution in [-0.4, -0.2) is 52.1 Å². The Morgan fingerprint density at radius 2 is 2.48 bits per heavy atom. The third kappa shape index (κ3) is 5.54. The minimum atomic E-state index is -0.0177. The summed E-state index contributed by atoms with van der Waals surface area (Å²) in [5.41, 5.74) is 5.72. The number of hydrogen-bond acceptors (Lipinski definition) is 7. The smallest absolute Gasteiger partial charge is 0.240 e. The number of anilines is 1. The Kier molecular flexibility index (Phi) is 6.88. The van der Waals surface area contributed by atoms with Crippen molar-refractivity contribution in [3.63, 3.8) is 0 Å². The minimum absolute atomic E-state index is 0.0177. The third-order valence-electron chi connectivity index (χ3n) is 3.39. The number of amides is 1. The van der Waals surface area contributed by atoms with Crippen LogP contribution in [0.5, 0.6) is 0 Å². The molecule has 21 heavy (non-hydrogen) atoms. The molecule has 2 rings (SSSR count). The van der Waals surface area contributed by atoms with Crippen molar-refractivity contribution in [2.24, 2.45) is 11.7 Å². The van der Waals surface area contributed by atoms with E-state index in [9.17, 15) is 4.79 Å². The van der Waals surface area contributed by atoms with Crippen LogP contribution in [-0.2, 0) is 4.79 Å². The van der Waals surface area contributed by atoms with Gasteiger partial charge >= 0.3 is 0 Å². The van der Waals surface area contributed by atoms with Crippen LogP contribution in [0.25, 0.3) is 0 Å². The Morgan fingerprint density at radius 3 is 3.24 bits per heavy atom. The third-order valence-corrected chi connectivity index (χ3v) is 5.19. The molecule has 1 amide bonds. The quantitative estimate of drug-likeness (QED) is 0.740. The maximum absolute atomic E-state index is 12.0. The lowest BCUT2D eigenvalue weighted by Gasteiger charge is -2.31. The molecule has 1 unspecified atom stereocenters. The number of carbonyl (C=O) groups excluding carboxylic acids is 1. The first-order valence-electron chi connectivity index (χ1n) is 7.40. The summed E-state index contributed by atoms with van der Waals surface area (Å²) >= 11 is 2.86. The zero-order valence-electron chi connectivity index (χ0n) is 12.4. The van der Waals surface area contributed by atoms with Crippen LogP contribution >= 0.6 is 23.3 Å². The lowest BCUT2D eigenvalue weighted by atomic mass is 9.98. The van der Waals surface area contributed by atoms with Crippen LogP contribution in [0.4, 0.5) is 5.13 Å². The van der Waals surface area contributed by atoms with E-state index in [1.807, 2.05) is 0 Å². The minimum Gasteiger partial charge on any atom is -0.330 e. The second kappa shape index (κ2) is 8.67. The highest BCUT2D eigenvalue weighted by Crippen LogP contribution is 2.20. The fourth-order valence-electron chi connectivity index (χ4n) is 2.36. The largest absolute Gasteiger partial charge is 0.330 e. The molecule has 3 N–H and O–H groups in total. The van der Waals surface area contributed by atoms with Gasteiger partial charge in [-0.1, -0.05) is 18.7 Å². The lowest BCUT2D eigenvalue weighted by Crippen LogP contribution is -2.42. The summed E-state index contributed by atoms with van der Waals surface area (Å²) in [6.07, 6.45) is 3.37. The molecule has 0 radical (unpaired) electrons. The molecular weight excluding hydrogens is 306 g/mol. The average Bonchev–Trinajstić information content (AvgIpc) is 2.92. The van der Waals surface area contributed by atoms with Crippen molar-refractivity contribution in [3.05, 3.63) is 0 Å². The van der Waals surface area contributed by atoms with E-state index < -0.39 is 0 Å². The molecule has 1 saturated heterocycles. The summed E-state index contributed by atoms with van der Waals surface area (Å²) in [6, 6.07) is 0. The topological polar surface area (TPSA) is 84.1 Å². The first-order chi connectivity index (χ1) is 10.2. The van der Waals surface area contributed by atoms with Gasteiger partial charge in [-0.3, -0.25) is 15.0 Å². The highest BCUT2D eigenvalue weighted by atomic mass is 32.2. The average molecular weight is 329 g/mol.